The van der Waals surface area contributed by atoms with Crippen molar-refractivity contribution in [2.75, 3.05) is 26.2 Å². The van der Waals surface area contributed by atoms with Crippen LogP contribution in [0.3, 0.4) is 0 Å². The predicted molar refractivity (Wildman–Crippen MR) is 81.8 cm³/mol. The number of hydrogen-bond acceptors (Lipinski definition) is 2. The highest BCUT2D eigenvalue weighted by Crippen LogP contribution is 2.08. The number of rotatable bonds is 5. The molecule has 1 unspecified atom stereocenters. The van der Waals surface area contributed by atoms with Crippen molar-refractivity contribution in [3.8, 4) is 0 Å². The molecule has 0 radical (unpaired) electrons. The molecule has 0 bridgehead atoms. The minimum atomic E-state index is 0.0841. The van der Waals surface area contributed by atoms with Crippen molar-refractivity contribution in [3.63, 3.8) is 0 Å². The lowest BCUT2D eigenvalue weighted by molar-refractivity contribution is 0.185. The standard InChI is InChI=1S/C16H25N3O/c1-2-6-15(13-14-7-4-3-5-8-14)18-16(20)19-11-9-17-10-12-19/h3-5,7-8,15,17H,2,6,9-13H2,1H3,(H,18,20). The molecule has 1 atom stereocenters. The van der Waals surface area contributed by atoms with E-state index in [1.807, 2.05) is 11.0 Å². The zero-order chi connectivity index (χ0) is 14.2. The Hall–Kier alpha value is -1.55. The monoisotopic (exact) mass is 275 g/mol. The molecule has 1 fully saturated rings. The fraction of sp³-hybridized carbons (Fsp3) is 0.562. The zero-order valence-electron chi connectivity index (χ0n) is 12.3. The number of urea groups is 1. The van der Waals surface area contributed by atoms with Gasteiger partial charge in [0.05, 0.1) is 0 Å². The second-order valence-electron chi connectivity index (χ2n) is 5.36. The Kier molecular flexibility index (Phi) is 5.87. The van der Waals surface area contributed by atoms with E-state index in [-0.39, 0.29) is 12.1 Å². The van der Waals surface area contributed by atoms with E-state index in [4.69, 9.17) is 0 Å². The van der Waals surface area contributed by atoms with E-state index in [2.05, 4.69) is 41.8 Å². The number of hydrogen-bond donors (Lipinski definition) is 2. The summed E-state index contributed by atoms with van der Waals surface area (Å²) in [5.74, 6) is 0. The predicted octanol–water partition coefficient (Wildman–Crippen LogP) is 2.01. The van der Waals surface area contributed by atoms with Gasteiger partial charge in [-0.3, -0.25) is 0 Å². The second-order valence-corrected chi connectivity index (χ2v) is 5.36. The average molecular weight is 275 g/mol. The first-order valence-electron chi connectivity index (χ1n) is 7.59. The van der Waals surface area contributed by atoms with Crippen molar-refractivity contribution in [1.82, 2.24) is 15.5 Å². The minimum Gasteiger partial charge on any atom is -0.335 e. The van der Waals surface area contributed by atoms with Crippen LogP contribution in [0.5, 0.6) is 0 Å². The summed E-state index contributed by atoms with van der Waals surface area (Å²) in [7, 11) is 0. The Morgan fingerprint density at radius 2 is 2.00 bits per heavy atom. The van der Waals surface area contributed by atoms with Crippen molar-refractivity contribution in [2.45, 2.75) is 32.2 Å². The van der Waals surface area contributed by atoms with Crippen LogP contribution in [0.4, 0.5) is 4.79 Å². The van der Waals surface area contributed by atoms with Crippen LogP contribution < -0.4 is 10.6 Å². The smallest absolute Gasteiger partial charge is 0.317 e. The molecule has 0 saturated carbocycles. The molecule has 2 rings (SSSR count). The van der Waals surface area contributed by atoms with E-state index in [0.29, 0.717) is 0 Å². The topological polar surface area (TPSA) is 44.4 Å². The van der Waals surface area contributed by atoms with E-state index in [0.717, 1.165) is 45.4 Å². The molecule has 0 spiro atoms. The maximum atomic E-state index is 12.3. The third-order valence-electron chi connectivity index (χ3n) is 3.69. The van der Waals surface area contributed by atoms with Gasteiger partial charge in [-0.2, -0.15) is 0 Å². The molecule has 0 aromatic heterocycles. The number of carbonyl (C=O) groups is 1. The van der Waals surface area contributed by atoms with Gasteiger partial charge in [-0.05, 0) is 18.4 Å². The number of piperazine rings is 1. The molecule has 1 aromatic carbocycles. The highest BCUT2D eigenvalue weighted by Gasteiger charge is 2.19. The molecule has 1 aromatic rings. The molecule has 4 heteroatoms. The third-order valence-corrected chi connectivity index (χ3v) is 3.69. The van der Waals surface area contributed by atoms with Crippen molar-refractivity contribution in [1.29, 1.82) is 0 Å². The average Bonchev–Trinajstić information content (AvgIpc) is 2.49. The first-order valence-corrected chi connectivity index (χ1v) is 7.59. The van der Waals surface area contributed by atoms with Crippen LogP contribution in [0.15, 0.2) is 30.3 Å². The van der Waals surface area contributed by atoms with Crippen LogP contribution in [-0.4, -0.2) is 43.2 Å². The summed E-state index contributed by atoms with van der Waals surface area (Å²) in [6, 6.07) is 10.7. The fourth-order valence-corrected chi connectivity index (χ4v) is 2.61. The summed E-state index contributed by atoms with van der Waals surface area (Å²) in [4.78, 5) is 14.2. The molecule has 1 heterocycles. The second kappa shape index (κ2) is 7.90. The molecule has 2 N–H and O–H groups in total. The first-order chi connectivity index (χ1) is 9.79. The van der Waals surface area contributed by atoms with Crippen LogP contribution >= 0.6 is 0 Å². The molecule has 1 aliphatic heterocycles. The lowest BCUT2D eigenvalue weighted by Crippen LogP contribution is -2.52. The molecule has 110 valence electrons. The first kappa shape index (κ1) is 14.9. The van der Waals surface area contributed by atoms with Crippen LogP contribution in [0, 0.1) is 0 Å². The largest absolute Gasteiger partial charge is 0.335 e. The summed E-state index contributed by atoms with van der Waals surface area (Å²) in [5.41, 5.74) is 1.28. The quantitative estimate of drug-likeness (QED) is 0.863. The third kappa shape index (κ3) is 4.53. The van der Waals surface area contributed by atoms with E-state index in [1.54, 1.807) is 0 Å². The van der Waals surface area contributed by atoms with Crippen LogP contribution in [0.1, 0.15) is 25.3 Å². The number of amides is 2. The van der Waals surface area contributed by atoms with Crippen LogP contribution in [0.25, 0.3) is 0 Å². The highest BCUT2D eigenvalue weighted by molar-refractivity contribution is 5.74. The maximum absolute atomic E-state index is 12.3. The fourth-order valence-electron chi connectivity index (χ4n) is 2.61. The SMILES string of the molecule is CCCC(Cc1ccccc1)NC(=O)N1CCNCC1. The van der Waals surface area contributed by atoms with Gasteiger partial charge in [0.15, 0.2) is 0 Å². The summed E-state index contributed by atoms with van der Waals surface area (Å²) in [6.45, 7) is 5.55. The number of benzene rings is 1. The van der Waals surface area contributed by atoms with Crippen LogP contribution in [0.2, 0.25) is 0 Å². The van der Waals surface area contributed by atoms with Gasteiger partial charge in [-0.15, -0.1) is 0 Å². The summed E-state index contributed by atoms with van der Waals surface area (Å²) >= 11 is 0. The number of carbonyl (C=O) groups excluding carboxylic acids is 1. The maximum Gasteiger partial charge on any atom is 0.317 e. The minimum absolute atomic E-state index is 0.0841. The summed E-state index contributed by atoms with van der Waals surface area (Å²) < 4.78 is 0. The molecule has 2 amide bonds. The van der Waals surface area contributed by atoms with E-state index < -0.39 is 0 Å². The number of nitrogens with one attached hydrogen (secondary N) is 2. The lowest BCUT2D eigenvalue weighted by atomic mass is 10.0. The van der Waals surface area contributed by atoms with Gasteiger partial charge in [-0.25, -0.2) is 4.79 Å². The normalized spacial score (nSPS) is 16.8. The Labute approximate surface area is 121 Å². The van der Waals surface area contributed by atoms with Crippen molar-refractivity contribution < 1.29 is 4.79 Å². The van der Waals surface area contributed by atoms with Gasteiger partial charge in [0.1, 0.15) is 0 Å². The summed E-state index contributed by atoms with van der Waals surface area (Å²) in [6.07, 6.45) is 3.01. The zero-order valence-corrected chi connectivity index (χ0v) is 12.3. The van der Waals surface area contributed by atoms with Gasteiger partial charge in [0, 0.05) is 32.2 Å². The van der Waals surface area contributed by atoms with Gasteiger partial charge < -0.3 is 15.5 Å². The van der Waals surface area contributed by atoms with E-state index in [9.17, 15) is 4.79 Å². The Morgan fingerprint density at radius 1 is 1.30 bits per heavy atom. The van der Waals surface area contributed by atoms with Crippen LogP contribution in [-0.2, 0) is 6.42 Å². The van der Waals surface area contributed by atoms with Gasteiger partial charge in [-0.1, -0.05) is 43.7 Å². The van der Waals surface area contributed by atoms with Crippen molar-refractivity contribution >= 4 is 6.03 Å². The Morgan fingerprint density at radius 3 is 2.65 bits per heavy atom. The van der Waals surface area contributed by atoms with E-state index >= 15 is 0 Å². The van der Waals surface area contributed by atoms with Gasteiger partial charge in [0.25, 0.3) is 0 Å². The molecule has 1 aliphatic rings. The molecular weight excluding hydrogens is 250 g/mol. The van der Waals surface area contributed by atoms with Gasteiger partial charge >= 0.3 is 6.03 Å². The molecular formula is C16H25N3O. The highest BCUT2D eigenvalue weighted by atomic mass is 16.2. The molecule has 1 saturated heterocycles. The number of nitrogens with zero attached hydrogens (tertiary/aromatic N) is 1. The molecule has 4 nitrogen and oxygen atoms in total. The van der Waals surface area contributed by atoms with E-state index in [1.165, 1.54) is 5.56 Å². The Balaban J connectivity index is 1.89. The van der Waals surface area contributed by atoms with Gasteiger partial charge in [0.2, 0.25) is 0 Å². The van der Waals surface area contributed by atoms with Crippen molar-refractivity contribution in [2.24, 2.45) is 0 Å². The molecule has 0 aliphatic carbocycles. The van der Waals surface area contributed by atoms with Crippen molar-refractivity contribution in [3.05, 3.63) is 35.9 Å². The molecule has 20 heavy (non-hydrogen) atoms. The lowest BCUT2D eigenvalue weighted by Gasteiger charge is -2.29. The summed E-state index contributed by atoms with van der Waals surface area (Å²) in [5, 5.41) is 6.46. The Bertz CT molecular complexity index is 401.